The van der Waals surface area contributed by atoms with Crippen LogP contribution < -0.4 is 10.2 Å². The van der Waals surface area contributed by atoms with Gasteiger partial charge in [-0.3, -0.25) is 15.0 Å². The molecule has 0 unspecified atom stereocenters. The summed E-state index contributed by atoms with van der Waals surface area (Å²) in [4.78, 5) is 25.1. The lowest BCUT2D eigenvalue weighted by Gasteiger charge is -2.15. The van der Waals surface area contributed by atoms with Crippen molar-refractivity contribution in [2.45, 2.75) is 6.18 Å². The Kier molecular flexibility index (Phi) is 5.94. The number of hydrogen-bond donors (Lipinski definition) is 1. The van der Waals surface area contributed by atoms with Crippen molar-refractivity contribution in [1.29, 1.82) is 0 Å². The molecular weight excluding hydrogens is 425 g/mol. The van der Waals surface area contributed by atoms with Crippen molar-refractivity contribution in [3.05, 3.63) is 70.1 Å². The molecule has 1 aliphatic rings. The van der Waals surface area contributed by atoms with Gasteiger partial charge in [0.1, 0.15) is 5.75 Å². The van der Waals surface area contributed by atoms with Crippen molar-refractivity contribution in [3.8, 4) is 5.75 Å². The Bertz CT molecular complexity index is 987. The van der Waals surface area contributed by atoms with Crippen LogP contribution >= 0.6 is 24.0 Å². The van der Waals surface area contributed by atoms with Gasteiger partial charge in [-0.25, -0.2) is 0 Å². The van der Waals surface area contributed by atoms with Crippen LogP contribution in [0.4, 0.5) is 13.2 Å². The van der Waals surface area contributed by atoms with E-state index in [4.69, 9.17) is 17.0 Å². The first-order valence-corrected chi connectivity index (χ1v) is 9.32. The van der Waals surface area contributed by atoms with E-state index in [0.29, 0.717) is 16.9 Å². The van der Waals surface area contributed by atoms with Crippen LogP contribution in [0, 0.1) is 0 Å². The lowest BCUT2D eigenvalue weighted by atomic mass is 10.1. The summed E-state index contributed by atoms with van der Waals surface area (Å²) < 4.78 is 43.1. The van der Waals surface area contributed by atoms with Gasteiger partial charge >= 0.3 is 6.18 Å². The number of ether oxygens (including phenoxy) is 1. The van der Waals surface area contributed by atoms with Gasteiger partial charge in [0.15, 0.2) is 4.32 Å². The van der Waals surface area contributed by atoms with Crippen LogP contribution in [0.25, 0.3) is 6.08 Å². The van der Waals surface area contributed by atoms with Gasteiger partial charge in [0.2, 0.25) is 0 Å². The number of carbonyl (C=O) groups is 2. The molecule has 1 aliphatic heterocycles. The van der Waals surface area contributed by atoms with Crippen molar-refractivity contribution >= 4 is 46.2 Å². The third kappa shape index (κ3) is 4.77. The summed E-state index contributed by atoms with van der Waals surface area (Å²) in [6, 6.07) is 10.6. The first kappa shape index (κ1) is 20.9. The number of carbonyl (C=O) groups excluding carboxylic acids is 2. The summed E-state index contributed by atoms with van der Waals surface area (Å²) >= 11 is 6.07. The number of methoxy groups -OCH3 is 1. The molecule has 0 atom stereocenters. The van der Waals surface area contributed by atoms with Crippen molar-refractivity contribution in [2.24, 2.45) is 0 Å². The number of hydrogen-bond acceptors (Lipinski definition) is 5. The number of nitrogens with one attached hydrogen (secondary N) is 1. The van der Waals surface area contributed by atoms with E-state index in [1.54, 1.807) is 12.1 Å². The fourth-order valence-corrected chi connectivity index (χ4v) is 3.57. The van der Waals surface area contributed by atoms with Crippen LogP contribution in [0.2, 0.25) is 0 Å². The van der Waals surface area contributed by atoms with Crippen LogP contribution in [0.3, 0.4) is 0 Å². The third-order valence-corrected chi connectivity index (χ3v) is 5.20. The lowest BCUT2D eigenvalue weighted by Crippen LogP contribution is -2.44. The molecule has 0 aliphatic carbocycles. The van der Waals surface area contributed by atoms with Gasteiger partial charge in [-0.1, -0.05) is 23.9 Å². The average molecular weight is 438 g/mol. The average Bonchev–Trinajstić information content (AvgIpc) is 2.95. The van der Waals surface area contributed by atoms with E-state index < -0.39 is 23.6 Å². The van der Waals surface area contributed by atoms with E-state index in [1.165, 1.54) is 37.5 Å². The highest BCUT2D eigenvalue weighted by molar-refractivity contribution is 8.26. The Morgan fingerprint density at radius 2 is 1.76 bits per heavy atom. The maximum absolute atomic E-state index is 12.6. The SMILES string of the molecule is COc1ccc(C(=O)NN2C(=O)/C(=C/c3ccc(C(F)(F)F)cc3)SC2=S)cc1. The molecule has 2 aromatic rings. The molecule has 3 rings (SSSR count). The Balaban J connectivity index is 1.73. The molecule has 0 radical (unpaired) electrons. The minimum Gasteiger partial charge on any atom is -0.497 e. The Hall–Kier alpha value is -2.85. The minimum atomic E-state index is -4.44. The molecule has 1 saturated heterocycles. The Labute approximate surface area is 173 Å². The number of rotatable bonds is 4. The van der Waals surface area contributed by atoms with E-state index in [-0.39, 0.29) is 9.23 Å². The van der Waals surface area contributed by atoms with Gasteiger partial charge in [0.25, 0.3) is 11.8 Å². The normalized spacial score (nSPS) is 15.7. The highest BCUT2D eigenvalue weighted by Crippen LogP contribution is 2.33. The number of amides is 2. The molecule has 1 N–H and O–H groups in total. The maximum Gasteiger partial charge on any atom is 0.416 e. The molecule has 2 aromatic carbocycles. The molecule has 0 bridgehead atoms. The molecule has 0 spiro atoms. The summed E-state index contributed by atoms with van der Waals surface area (Å²) in [6.07, 6.45) is -3.02. The highest BCUT2D eigenvalue weighted by atomic mass is 32.2. The van der Waals surface area contributed by atoms with E-state index in [9.17, 15) is 22.8 Å². The van der Waals surface area contributed by atoms with Crippen LogP contribution in [-0.4, -0.2) is 28.3 Å². The number of thiocarbonyl (C=S) groups is 1. The summed E-state index contributed by atoms with van der Waals surface area (Å²) in [5, 5.41) is 0.933. The predicted molar refractivity (Wildman–Crippen MR) is 107 cm³/mol. The van der Waals surface area contributed by atoms with E-state index in [1.807, 2.05) is 0 Å². The topological polar surface area (TPSA) is 58.6 Å². The Morgan fingerprint density at radius 3 is 2.31 bits per heavy atom. The number of alkyl halides is 3. The Morgan fingerprint density at radius 1 is 1.14 bits per heavy atom. The quantitative estimate of drug-likeness (QED) is 0.571. The molecule has 29 heavy (non-hydrogen) atoms. The second-order valence-electron chi connectivity index (χ2n) is 5.81. The largest absolute Gasteiger partial charge is 0.497 e. The summed E-state index contributed by atoms with van der Waals surface area (Å²) in [5.74, 6) is -0.534. The molecule has 1 heterocycles. The predicted octanol–water partition coefficient (Wildman–Crippen LogP) is 4.26. The van der Waals surface area contributed by atoms with Crippen LogP contribution in [0.15, 0.2) is 53.4 Å². The van der Waals surface area contributed by atoms with Gasteiger partial charge in [0.05, 0.1) is 17.6 Å². The fourth-order valence-electron chi connectivity index (χ4n) is 2.39. The molecule has 0 saturated carbocycles. The number of thioether (sulfide) groups is 1. The molecular formula is C19H13F3N2O3S2. The monoisotopic (exact) mass is 438 g/mol. The minimum absolute atomic E-state index is 0.107. The van der Waals surface area contributed by atoms with Gasteiger partial charge in [0, 0.05) is 5.56 Å². The number of hydrazine groups is 1. The number of halogens is 3. The lowest BCUT2D eigenvalue weighted by molar-refractivity contribution is -0.137. The third-order valence-electron chi connectivity index (χ3n) is 3.90. The molecule has 0 aromatic heterocycles. The van der Waals surface area contributed by atoms with E-state index in [0.717, 1.165) is 28.9 Å². The smallest absolute Gasteiger partial charge is 0.416 e. The second-order valence-corrected chi connectivity index (χ2v) is 7.48. The van der Waals surface area contributed by atoms with Gasteiger partial charge in [-0.2, -0.15) is 18.2 Å². The first-order chi connectivity index (χ1) is 13.7. The van der Waals surface area contributed by atoms with Crippen molar-refractivity contribution in [1.82, 2.24) is 10.4 Å². The van der Waals surface area contributed by atoms with Crippen molar-refractivity contribution in [2.75, 3.05) is 7.11 Å². The van der Waals surface area contributed by atoms with Gasteiger partial charge in [-0.15, -0.1) is 0 Å². The zero-order chi connectivity index (χ0) is 21.2. The molecule has 1 fully saturated rings. The zero-order valence-electron chi connectivity index (χ0n) is 14.8. The molecule has 10 heteroatoms. The van der Waals surface area contributed by atoms with Crippen molar-refractivity contribution < 1.29 is 27.5 Å². The van der Waals surface area contributed by atoms with Crippen molar-refractivity contribution in [3.63, 3.8) is 0 Å². The zero-order valence-corrected chi connectivity index (χ0v) is 16.5. The fraction of sp³-hybridized carbons (Fsp3) is 0.105. The molecule has 150 valence electrons. The van der Waals surface area contributed by atoms with Gasteiger partial charge in [-0.05, 0) is 60.3 Å². The van der Waals surface area contributed by atoms with Crippen LogP contribution in [0.5, 0.6) is 5.75 Å². The number of benzene rings is 2. The van der Waals surface area contributed by atoms with E-state index >= 15 is 0 Å². The molecule has 2 amide bonds. The highest BCUT2D eigenvalue weighted by Gasteiger charge is 2.34. The summed E-state index contributed by atoms with van der Waals surface area (Å²) in [5.41, 5.74) is 2.35. The second kappa shape index (κ2) is 8.26. The first-order valence-electron chi connectivity index (χ1n) is 8.09. The van der Waals surface area contributed by atoms with Gasteiger partial charge < -0.3 is 4.74 Å². The molecule has 5 nitrogen and oxygen atoms in total. The summed E-state index contributed by atoms with van der Waals surface area (Å²) in [7, 11) is 1.50. The van der Waals surface area contributed by atoms with Crippen LogP contribution in [-0.2, 0) is 11.0 Å². The van der Waals surface area contributed by atoms with Crippen LogP contribution in [0.1, 0.15) is 21.5 Å². The maximum atomic E-state index is 12.6. The van der Waals surface area contributed by atoms with E-state index in [2.05, 4.69) is 5.43 Å². The number of nitrogens with zero attached hydrogens (tertiary/aromatic N) is 1. The summed E-state index contributed by atoms with van der Waals surface area (Å²) in [6.45, 7) is 0. The standard InChI is InChI=1S/C19H13F3N2O3S2/c1-27-14-8-4-12(5-9-14)16(25)23-24-17(26)15(29-18(24)28)10-11-2-6-13(7-3-11)19(20,21)22/h2-10H,1H3,(H,23,25)/b15-10-.